The van der Waals surface area contributed by atoms with E-state index in [9.17, 15) is 0 Å². The fourth-order valence-corrected chi connectivity index (χ4v) is 6.87. The van der Waals surface area contributed by atoms with Crippen LogP contribution in [0.5, 0.6) is 0 Å². The first-order chi connectivity index (χ1) is 22.8. The van der Waals surface area contributed by atoms with Gasteiger partial charge in [-0.25, -0.2) is 0 Å². The molecule has 3 unspecified atom stereocenters. The van der Waals surface area contributed by atoms with Gasteiger partial charge in [0.05, 0.1) is 27.7 Å². The van der Waals surface area contributed by atoms with Gasteiger partial charge in [0, 0.05) is 24.0 Å². The van der Waals surface area contributed by atoms with Crippen molar-refractivity contribution in [2.45, 2.75) is 210 Å². The summed E-state index contributed by atoms with van der Waals surface area (Å²) in [4.78, 5) is 0. The van der Waals surface area contributed by atoms with Crippen LogP contribution in [0.15, 0.2) is 12.2 Å². The van der Waals surface area contributed by atoms with E-state index in [1.54, 1.807) is 0 Å². The number of ether oxygens (including phenoxy) is 2. The Hall–Kier alpha value is 0.200. The van der Waals surface area contributed by atoms with Crippen LogP contribution in [0.25, 0.3) is 0 Å². The fourth-order valence-electron chi connectivity index (χ4n) is 6.31. The predicted molar refractivity (Wildman–Crippen MR) is 213 cm³/mol. The maximum absolute atomic E-state index is 6.60. The molecule has 0 bridgehead atoms. The SMILES string of the molecule is CCCCCCCCC=CCCCCCCCCOCC(C[N+](C)(C)C)OCCCCCCCCC(Cl)C(Cl)CCCCCCCC. The summed E-state index contributed by atoms with van der Waals surface area (Å²) in [5, 5.41) is 0.263. The number of quaternary nitrogens is 1. The van der Waals surface area contributed by atoms with Crippen LogP contribution in [0.4, 0.5) is 0 Å². The Labute approximate surface area is 306 Å². The Morgan fingerprint density at radius 3 is 1.32 bits per heavy atom. The van der Waals surface area contributed by atoms with Crippen LogP contribution in [0.3, 0.4) is 0 Å². The molecule has 0 N–H and O–H groups in total. The lowest BCUT2D eigenvalue weighted by Gasteiger charge is -2.29. The number of rotatable bonds is 38. The molecule has 0 amide bonds. The van der Waals surface area contributed by atoms with Gasteiger partial charge in [0.15, 0.2) is 0 Å². The summed E-state index contributed by atoms with van der Waals surface area (Å²) in [5.41, 5.74) is 0. The number of unbranched alkanes of at least 4 members (excludes halogenated alkanes) is 22. The highest BCUT2D eigenvalue weighted by Crippen LogP contribution is 2.23. The van der Waals surface area contributed by atoms with Crippen molar-refractivity contribution in [2.75, 3.05) is 47.5 Å². The third-order valence-electron chi connectivity index (χ3n) is 9.31. The Balaban J connectivity index is 3.72. The highest BCUT2D eigenvalue weighted by molar-refractivity contribution is 6.29. The summed E-state index contributed by atoms with van der Waals surface area (Å²) >= 11 is 13.2. The number of nitrogens with zero attached hydrogens (tertiary/aromatic N) is 1. The summed E-state index contributed by atoms with van der Waals surface area (Å²) < 4.78 is 13.3. The Bertz CT molecular complexity index is 639. The first-order valence-corrected chi connectivity index (χ1v) is 21.6. The molecule has 5 heteroatoms. The van der Waals surface area contributed by atoms with Gasteiger partial charge in [-0.3, -0.25) is 0 Å². The molecule has 0 aromatic rings. The van der Waals surface area contributed by atoms with Gasteiger partial charge >= 0.3 is 0 Å². The number of hydrogen-bond donors (Lipinski definition) is 0. The maximum Gasteiger partial charge on any atom is 0.130 e. The van der Waals surface area contributed by atoms with Crippen molar-refractivity contribution in [1.29, 1.82) is 0 Å². The van der Waals surface area contributed by atoms with Crippen molar-refractivity contribution in [2.24, 2.45) is 0 Å². The highest BCUT2D eigenvalue weighted by atomic mass is 35.5. The highest BCUT2D eigenvalue weighted by Gasteiger charge is 2.19. The minimum Gasteiger partial charge on any atom is -0.379 e. The van der Waals surface area contributed by atoms with Crippen LogP contribution in [-0.2, 0) is 9.47 Å². The molecule has 0 radical (unpaired) electrons. The average Bonchev–Trinajstić information content (AvgIpc) is 3.03. The minimum absolute atomic E-state index is 0.128. The van der Waals surface area contributed by atoms with Crippen molar-refractivity contribution in [3.63, 3.8) is 0 Å². The molecule has 0 fully saturated rings. The number of halogens is 2. The van der Waals surface area contributed by atoms with Crippen LogP contribution >= 0.6 is 23.2 Å². The smallest absolute Gasteiger partial charge is 0.130 e. The molecule has 3 nitrogen and oxygen atoms in total. The van der Waals surface area contributed by atoms with Gasteiger partial charge in [-0.15, -0.1) is 23.2 Å². The number of allylic oxidation sites excluding steroid dienone is 2. The molecule has 0 aliphatic rings. The molecule has 0 aliphatic heterocycles. The zero-order valence-corrected chi connectivity index (χ0v) is 34.0. The van der Waals surface area contributed by atoms with Crippen LogP contribution in [0, 0.1) is 0 Å². The summed E-state index contributed by atoms with van der Waals surface area (Å²) in [6.07, 6.45) is 41.2. The second-order valence-corrected chi connectivity index (χ2v) is 16.6. The largest absolute Gasteiger partial charge is 0.379 e. The van der Waals surface area contributed by atoms with E-state index >= 15 is 0 Å². The summed E-state index contributed by atoms with van der Waals surface area (Å²) in [5.74, 6) is 0. The summed E-state index contributed by atoms with van der Waals surface area (Å²) in [6, 6.07) is 0. The summed E-state index contributed by atoms with van der Waals surface area (Å²) in [6.45, 7) is 7.98. The first kappa shape index (κ1) is 47.2. The Morgan fingerprint density at radius 1 is 0.489 bits per heavy atom. The molecule has 0 saturated carbocycles. The first-order valence-electron chi connectivity index (χ1n) is 20.7. The third kappa shape index (κ3) is 37.3. The van der Waals surface area contributed by atoms with E-state index in [0.717, 1.165) is 50.1 Å². The van der Waals surface area contributed by atoms with Crippen molar-refractivity contribution >= 4 is 23.2 Å². The molecule has 0 aromatic heterocycles. The second-order valence-electron chi connectivity index (χ2n) is 15.5. The van der Waals surface area contributed by atoms with E-state index in [-0.39, 0.29) is 16.9 Å². The zero-order chi connectivity index (χ0) is 34.7. The van der Waals surface area contributed by atoms with E-state index in [2.05, 4.69) is 47.1 Å². The molecular formula is C42H84Cl2NO2+. The lowest BCUT2D eigenvalue weighted by molar-refractivity contribution is -0.873. The monoisotopic (exact) mass is 705 g/mol. The Kier molecular flexibility index (Phi) is 36.2. The fraction of sp³-hybridized carbons (Fsp3) is 0.952. The van der Waals surface area contributed by atoms with Gasteiger partial charge in [-0.05, 0) is 51.4 Å². The molecular weight excluding hydrogens is 621 g/mol. The normalized spacial score (nSPS) is 14.3. The molecule has 0 rings (SSSR count). The van der Waals surface area contributed by atoms with Crippen LogP contribution < -0.4 is 0 Å². The van der Waals surface area contributed by atoms with E-state index in [1.807, 2.05) is 0 Å². The van der Waals surface area contributed by atoms with E-state index in [1.165, 1.54) is 161 Å². The van der Waals surface area contributed by atoms with Crippen molar-refractivity contribution in [3.8, 4) is 0 Å². The molecule has 282 valence electrons. The molecule has 3 atom stereocenters. The van der Waals surface area contributed by atoms with Gasteiger partial charge in [-0.2, -0.15) is 0 Å². The predicted octanol–water partition coefficient (Wildman–Crippen LogP) is 13.8. The molecule has 0 spiro atoms. The zero-order valence-electron chi connectivity index (χ0n) is 32.5. The lowest BCUT2D eigenvalue weighted by atomic mass is 10.0. The van der Waals surface area contributed by atoms with Gasteiger partial charge in [0.25, 0.3) is 0 Å². The number of hydrogen-bond acceptors (Lipinski definition) is 2. The van der Waals surface area contributed by atoms with Gasteiger partial charge in [0.1, 0.15) is 12.6 Å². The third-order valence-corrected chi connectivity index (χ3v) is 10.5. The van der Waals surface area contributed by atoms with Crippen LogP contribution in [-0.4, -0.2) is 68.8 Å². The van der Waals surface area contributed by atoms with Crippen LogP contribution in [0.2, 0.25) is 0 Å². The van der Waals surface area contributed by atoms with Gasteiger partial charge in [-0.1, -0.05) is 154 Å². The second kappa shape index (κ2) is 36.0. The average molecular weight is 706 g/mol. The molecule has 0 saturated heterocycles. The quantitative estimate of drug-likeness (QED) is 0.0276. The van der Waals surface area contributed by atoms with Crippen LogP contribution in [0.1, 0.15) is 194 Å². The molecule has 47 heavy (non-hydrogen) atoms. The number of likely N-dealkylation sites (N-methyl/N-ethyl adjacent to an activating group) is 1. The lowest BCUT2D eigenvalue weighted by Crippen LogP contribution is -2.44. The molecule has 0 aromatic carbocycles. The standard InChI is InChI=1S/C42H84Cl2NO2/c1-6-8-10-12-14-15-16-17-18-19-20-21-22-24-28-32-36-46-39-40(38-45(3,4)5)47-37-33-29-25-23-27-31-35-42(44)41(43)34-30-26-13-11-9-7-2/h17-18,40-42H,6-16,19-39H2,1-5H3/q+1. The van der Waals surface area contributed by atoms with E-state index < -0.39 is 0 Å². The topological polar surface area (TPSA) is 18.5 Å². The molecule has 0 heterocycles. The van der Waals surface area contributed by atoms with Crippen molar-refractivity contribution < 1.29 is 14.0 Å². The van der Waals surface area contributed by atoms with Crippen molar-refractivity contribution in [1.82, 2.24) is 0 Å². The minimum atomic E-state index is 0.128. The Morgan fingerprint density at radius 2 is 0.872 bits per heavy atom. The van der Waals surface area contributed by atoms with Gasteiger partial charge in [0.2, 0.25) is 0 Å². The number of alkyl halides is 2. The molecule has 0 aliphatic carbocycles. The summed E-state index contributed by atoms with van der Waals surface area (Å²) in [7, 11) is 6.73. The van der Waals surface area contributed by atoms with Gasteiger partial charge < -0.3 is 14.0 Å². The van der Waals surface area contributed by atoms with E-state index in [0.29, 0.717) is 0 Å². The van der Waals surface area contributed by atoms with Crippen molar-refractivity contribution in [3.05, 3.63) is 12.2 Å². The maximum atomic E-state index is 6.60. The van der Waals surface area contributed by atoms with E-state index in [4.69, 9.17) is 32.7 Å².